The fourth-order valence-electron chi connectivity index (χ4n) is 4.65. The first kappa shape index (κ1) is 20.3. The Morgan fingerprint density at radius 1 is 0.848 bits per heavy atom. The Hall–Kier alpha value is -3.28. The molecule has 0 amide bonds. The van der Waals surface area contributed by atoms with Crippen molar-refractivity contribution in [1.29, 1.82) is 0 Å². The predicted molar refractivity (Wildman–Crippen MR) is 142 cm³/mol. The van der Waals surface area contributed by atoms with Gasteiger partial charge in [-0.3, -0.25) is 0 Å². The normalized spacial score (nSPS) is 17.5. The highest BCUT2D eigenvalue weighted by atomic mass is 32.1. The summed E-state index contributed by atoms with van der Waals surface area (Å²) in [6.07, 6.45) is 18.7. The maximum Gasteiger partial charge on any atom is 0.114 e. The molecule has 2 aromatic carbocycles. The van der Waals surface area contributed by atoms with E-state index >= 15 is 0 Å². The largest absolute Gasteiger partial charge is 0.338 e. The number of fused-ring (bicyclic) bond motifs is 1. The average molecular weight is 466 g/mol. The summed E-state index contributed by atoms with van der Waals surface area (Å²) in [5, 5.41) is 2.11. The number of thiophene rings is 1. The molecule has 0 N–H and O–H groups in total. The van der Waals surface area contributed by atoms with Crippen molar-refractivity contribution in [3.63, 3.8) is 0 Å². The van der Waals surface area contributed by atoms with Crippen molar-refractivity contribution >= 4 is 39.8 Å². The number of nitrogens with zero attached hydrogens (tertiary/aromatic N) is 3. The van der Waals surface area contributed by atoms with Crippen molar-refractivity contribution in [3.05, 3.63) is 102 Å². The van der Waals surface area contributed by atoms with Crippen LogP contribution in [-0.2, 0) is 0 Å². The topological polar surface area (TPSA) is 29.0 Å². The van der Waals surface area contributed by atoms with E-state index in [9.17, 15) is 0 Å². The number of allylic oxidation sites excluding steroid dienone is 6. The molecule has 162 valence electrons. The van der Waals surface area contributed by atoms with Crippen LogP contribution >= 0.6 is 23.1 Å². The standard InChI is InChI=1S/C28H23N3S2/c1-3-8-21(9-4-1)31(22-10-5-2-6-11-22)23-15-13-20(14-16-23)24-17-18-25(26-12-7-19-32-26)28-27(24)29-33-30-28/h1-5,7-8,10,12-19,21H,6,9,11H2/t21-/m0/s1. The highest BCUT2D eigenvalue weighted by molar-refractivity contribution is 7.13. The molecule has 33 heavy (non-hydrogen) atoms. The fraction of sp³-hybridized carbons (Fsp3) is 0.143. The molecule has 2 aliphatic carbocycles. The fourth-order valence-corrected chi connectivity index (χ4v) is 5.98. The maximum atomic E-state index is 4.66. The summed E-state index contributed by atoms with van der Waals surface area (Å²) >= 11 is 3.03. The van der Waals surface area contributed by atoms with E-state index in [0.717, 1.165) is 41.4 Å². The zero-order valence-corrected chi connectivity index (χ0v) is 19.7. The lowest BCUT2D eigenvalue weighted by atomic mass is 9.98. The molecule has 3 nitrogen and oxygen atoms in total. The molecule has 5 heteroatoms. The van der Waals surface area contributed by atoms with Crippen LogP contribution in [0.2, 0.25) is 0 Å². The van der Waals surface area contributed by atoms with Crippen LogP contribution in [0.15, 0.2) is 102 Å². The minimum Gasteiger partial charge on any atom is -0.338 e. The Bertz CT molecular complexity index is 1390. The van der Waals surface area contributed by atoms with Crippen LogP contribution < -0.4 is 4.90 Å². The van der Waals surface area contributed by atoms with E-state index in [1.165, 1.54) is 33.6 Å². The van der Waals surface area contributed by atoms with Crippen LogP contribution in [0.25, 0.3) is 32.6 Å². The van der Waals surface area contributed by atoms with Crippen molar-refractivity contribution in [1.82, 2.24) is 8.75 Å². The third-order valence-electron chi connectivity index (χ3n) is 6.25. The van der Waals surface area contributed by atoms with Crippen molar-refractivity contribution in [2.75, 3.05) is 4.90 Å². The van der Waals surface area contributed by atoms with Crippen molar-refractivity contribution in [3.8, 4) is 21.6 Å². The lowest BCUT2D eigenvalue weighted by Crippen LogP contribution is -2.33. The van der Waals surface area contributed by atoms with Gasteiger partial charge in [-0.2, -0.15) is 8.75 Å². The van der Waals surface area contributed by atoms with Crippen molar-refractivity contribution in [2.24, 2.45) is 0 Å². The number of benzene rings is 2. The summed E-state index contributed by atoms with van der Waals surface area (Å²) in [6.45, 7) is 0. The Kier molecular flexibility index (Phi) is 5.50. The predicted octanol–water partition coefficient (Wildman–Crippen LogP) is 8.01. The molecule has 0 fully saturated rings. The quantitative estimate of drug-likeness (QED) is 0.299. The Morgan fingerprint density at radius 3 is 2.42 bits per heavy atom. The number of aromatic nitrogens is 2. The Balaban J connectivity index is 1.38. The van der Waals surface area contributed by atoms with Gasteiger partial charge in [-0.05, 0) is 54.5 Å². The van der Waals surface area contributed by atoms with Gasteiger partial charge in [-0.15, -0.1) is 11.3 Å². The molecule has 0 radical (unpaired) electrons. The second-order valence-corrected chi connectivity index (χ2v) is 9.73. The first-order valence-corrected chi connectivity index (χ1v) is 12.9. The highest BCUT2D eigenvalue weighted by Crippen LogP contribution is 2.37. The molecule has 6 rings (SSSR count). The molecular formula is C28H23N3S2. The number of rotatable bonds is 5. The molecular weight excluding hydrogens is 442 g/mol. The molecule has 1 atom stereocenters. The lowest BCUT2D eigenvalue weighted by molar-refractivity contribution is 0.720. The maximum absolute atomic E-state index is 4.66. The van der Waals surface area contributed by atoms with E-state index in [-0.39, 0.29) is 0 Å². The van der Waals surface area contributed by atoms with Gasteiger partial charge in [0.25, 0.3) is 0 Å². The van der Waals surface area contributed by atoms with Gasteiger partial charge >= 0.3 is 0 Å². The number of hydrogen-bond acceptors (Lipinski definition) is 5. The average Bonchev–Trinajstić information content (AvgIpc) is 3.59. The zero-order chi connectivity index (χ0) is 22.0. The number of hydrogen-bond donors (Lipinski definition) is 0. The van der Waals surface area contributed by atoms with Crippen LogP contribution in [-0.4, -0.2) is 14.8 Å². The van der Waals surface area contributed by atoms with E-state index < -0.39 is 0 Å². The van der Waals surface area contributed by atoms with Gasteiger partial charge in [0.2, 0.25) is 0 Å². The SMILES string of the molecule is C1=CCCC(N(c2ccc(-c3ccc(-c4cccs4)c4nsnc34)cc2)[C@H]2C=CC=CC2)=C1. The monoisotopic (exact) mass is 465 g/mol. The van der Waals surface area contributed by atoms with Gasteiger partial charge in [0.05, 0.1) is 17.8 Å². The highest BCUT2D eigenvalue weighted by Gasteiger charge is 2.21. The Labute approximate surface area is 202 Å². The first-order chi connectivity index (χ1) is 16.4. The van der Waals surface area contributed by atoms with E-state index in [0.29, 0.717) is 6.04 Å². The summed E-state index contributed by atoms with van der Waals surface area (Å²) < 4.78 is 9.29. The molecule has 0 aliphatic heterocycles. The molecule has 0 spiro atoms. The summed E-state index contributed by atoms with van der Waals surface area (Å²) in [4.78, 5) is 3.72. The minimum absolute atomic E-state index is 0.345. The van der Waals surface area contributed by atoms with Gasteiger partial charge in [0.15, 0.2) is 0 Å². The third kappa shape index (κ3) is 3.88. The van der Waals surface area contributed by atoms with Crippen LogP contribution in [0.1, 0.15) is 19.3 Å². The molecule has 2 heterocycles. The van der Waals surface area contributed by atoms with Gasteiger partial charge in [-0.1, -0.05) is 66.8 Å². The summed E-state index contributed by atoms with van der Waals surface area (Å²) in [7, 11) is 0. The molecule has 2 aliphatic rings. The lowest BCUT2D eigenvalue weighted by Gasteiger charge is -2.35. The van der Waals surface area contributed by atoms with Gasteiger partial charge < -0.3 is 4.90 Å². The molecule has 2 aromatic heterocycles. The van der Waals surface area contributed by atoms with Crippen molar-refractivity contribution < 1.29 is 0 Å². The molecule has 0 saturated carbocycles. The van der Waals surface area contributed by atoms with Crippen LogP contribution in [0, 0.1) is 0 Å². The minimum atomic E-state index is 0.345. The smallest absolute Gasteiger partial charge is 0.114 e. The van der Waals surface area contributed by atoms with Crippen LogP contribution in [0.3, 0.4) is 0 Å². The molecule has 0 unspecified atom stereocenters. The number of anilines is 1. The van der Waals surface area contributed by atoms with Crippen LogP contribution in [0.5, 0.6) is 0 Å². The summed E-state index contributed by atoms with van der Waals surface area (Å²) in [6, 6.07) is 17.9. The molecule has 4 aromatic rings. The first-order valence-electron chi connectivity index (χ1n) is 11.3. The molecule has 0 saturated heterocycles. The van der Waals surface area contributed by atoms with Gasteiger partial charge in [-0.25, -0.2) is 0 Å². The summed E-state index contributed by atoms with van der Waals surface area (Å²) in [5.74, 6) is 0. The van der Waals surface area contributed by atoms with E-state index in [4.69, 9.17) is 0 Å². The Morgan fingerprint density at radius 2 is 1.70 bits per heavy atom. The van der Waals surface area contributed by atoms with Crippen LogP contribution in [0.4, 0.5) is 5.69 Å². The van der Waals surface area contributed by atoms with Gasteiger partial charge in [0.1, 0.15) is 11.0 Å². The van der Waals surface area contributed by atoms with E-state index in [1.807, 2.05) is 0 Å². The zero-order valence-electron chi connectivity index (χ0n) is 18.1. The third-order valence-corrected chi connectivity index (χ3v) is 7.68. The second-order valence-electron chi connectivity index (χ2n) is 8.26. The van der Waals surface area contributed by atoms with E-state index in [1.54, 1.807) is 11.3 Å². The van der Waals surface area contributed by atoms with Gasteiger partial charge in [0, 0.05) is 27.4 Å². The second kappa shape index (κ2) is 8.93. The van der Waals surface area contributed by atoms with Crippen molar-refractivity contribution in [2.45, 2.75) is 25.3 Å². The van der Waals surface area contributed by atoms with E-state index in [2.05, 4.69) is 110 Å². The molecule has 0 bridgehead atoms. The summed E-state index contributed by atoms with van der Waals surface area (Å²) in [5.41, 5.74) is 8.05.